The summed E-state index contributed by atoms with van der Waals surface area (Å²) in [6.45, 7) is 2.04. The van der Waals surface area contributed by atoms with Gasteiger partial charge in [-0.25, -0.2) is 9.78 Å². The molecule has 4 nitrogen and oxygen atoms in total. The molecule has 0 aliphatic heterocycles. The number of hydrogen-bond acceptors (Lipinski definition) is 4. The minimum Gasteiger partial charge on any atom is -0.476 e. The van der Waals surface area contributed by atoms with Crippen LogP contribution in [0, 0.1) is 0 Å². The van der Waals surface area contributed by atoms with Crippen LogP contribution in [0.4, 0.5) is 0 Å². The number of rotatable bonds is 4. The lowest BCUT2D eigenvalue weighted by atomic mass is 10.3. The van der Waals surface area contributed by atoms with E-state index in [0.717, 1.165) is 17.8 Å². The van der Waals surface area contributed by atoms with E-state index in [0.29, 0.717) is 10.6 Å². The van der Waals surface area contributed by atoms with Gasteiger partial charge < -0.3 is 9.52 Å². The molecule has 2 heterocycles. The third-order valence-corrected chi connectivity index (χ3v) is 3.21. The van der Waals surface area contributed by atoms with Crippen molar-refractivity contribution in [2.45, 2.75) is 19.8 Å². The second kappa shape index (κ2) is 4.49. The number of nitrogens with zero attached hydrogens (tertiary/aromatic N) is 1. The Hall–Kier alpha value is -1.62. The van der Waals surface area contributed by atoms with Crippen LogP contribution in [0.2, 0.25) is 0 Å². The normalized spacial score (nSPS) is 10.6. The molecule has 2 rings (SSSR count). The van der Waals surface area contributed by atoms with E-state index in [1.54, 1.807) is 12.1 Å². The molecule has 0 aliphatic rings. The van der Waals surface area contributed by atoms with Crippen molar-refractivity contribution in [3.05, 3.63) is 29.1 Å². The summed E-state index contributed by atoms with van der Waals surface area (Å²) in [7, 11) is 0. The first kappa shape index (κ1) is 10.9. The van der Waals surface area contributed by atoms with Gasteiger partial charge in [-0.3, -0.25) is 0 Å². The number of thiazole rings is 1. The number of aromatic carboxylic acids is 1. The number of carbonyl (C=O) groups is 1. The van der Waals surface area contributed by atoms with E-state index in [9.17, 15) is 4.79 Å². The largest absolute Gasteiger partial charge is 0.476 e. The summed E-state index contributed by atoms with van der Waals surface area (Å²) in [5.74, 6) is -0.442. The summed E-state index contributed by atoms with van der Waals surface area (Å²) in [6, 6.07) is 3.48. The van der Waals surface area contributed by atoms with E-state index in [1.165, 1.54) is 17.6 Å². The molecule has 0 aromatic carbocycles. The molecule has 0 radical (unpaired) electrons. The van der Waals surface area contributed by atoms with Crippen molar-refractivity contribution >= 4 is 17.3 Å². The Labute approximate surface area is 96.6 Å². The maximum absolute atomic E-state index is 11.0. The first-order valence-corrected chi connectivity index (χ1v) is 5.81. The van der Waals surface area contributed by atoms with E-state index >= 15 is 0 Å². The second-order valence-electron chi connectivity index (χ2n) is 3.32. The molecule has 0 saturated heterocycles. The van der Waals surface area contributed by atoms with Gasteiger partial charge in [-0.05, 0) is 25.0 Å². The summed E-state index contributed by atoms with van der Waals surface area (Å²) in [5.41, 5.74) is 0.0865. The van der Waals surface area contributed by atoms with Gasteiger partial charge in [0.1, 0.15) is 10.6 Å². The van der Waals surface area contributed by atoms with Crippen LogP contribution in [0.25, 0.3) is 10.6 Å². The van der Waals surface area contributed by atoms with Crippen molar-refractivity contribution in [3.8, 4) is 10.6 Å². The molecule has 0 amide bonds. The molecule has 0 spiro atoms. The molecular formula is C11H11NO3S. The predicted octanol–water partition coefficient (Wildman–Crippen LogP) is 3.05. The fourth-order valence-corrected chi connectivity index (χ4v) is 2.53. The molecule has 0 unspecified atom stereocenters. The van der Waals surface area contributed by atoms with Gasteiger partial charge in [-0.2, -0.15) is 0 Å². The Balaban J connectivity index is 2.46. The molecule has 0 atom stereocenters. The molecule has 2 aromatic rings. The van der Waals surface area contributed by atoms with Crippen LogP contribution in [0.5, 0.6) is 0 Å². The molecular weight excluding hydrogens is 226 g/mol. The third kappa shape index (κ3) is 1.99. The van der Waals surface area contributed by atoms with Gasteiger partial charge >= 0.3 is 5.97 Å². The van der Waals surface area contributed by atoms with E-state index in [1.807, 2.05) is 6.92 Å². The first-order valence-electron chi connectivity index (χ1n) is 4.99. The number of aromatic nitrogens is 1. The average Bonchev–Trinajstić information content (AvgIpc) is 2.83. The maximum atomic E-state index is 11.0. The zero-order valence-corrected chi connectivity index (χ0v) is 9.58. The lowest BCUT2D eigenvalue weighted by Gasteiger charge is -1.91. The van der Waals surface area contributed by atoms with Gasteiger partial charge in [-0.1, -0.05) is 6.92 Å². The second-order valence-corrected chi connectivity index (χ2v) is 4.40. The van der Waals surface area contributed by atoms with E-state index in [2.05, 4.69) is 4.98 Å². The summed E-state index contributed by atoms with van der Waals surface area (Å²) >= 11 is 1.38. The third-order valence-electron chi connectivity index (χ3n) is 2.08. The van der Waals surface area contributed by atoms with E-state index in [4.69, 9.17) is 9.52 Å². The highest BCUT2D eigenvalue weighted by Crippen LogP contribution is 2.31. The van der Waals surface area contributed by atoms with E-state index in [-0.39, 0.29) is 5.69 Å². The maximum Gasteiger partial charge on any atom is 0.356 e. The van der Waals surface area contributed by atoms with Crippen molar-refractivity contribution in [1.29, 1.82) is 0 Å². The summed E-state index contributed by atoms with van der Waals surface area (Å²) in [6.07, 6.45) is 3.27. The lowest BCUT2D eigenvalue weighted by molar-refractivity contribution is 0.0691. The predicted molar refractivity (Wildman–Crippen MR) is 60.8 cm³/mol. The van der Waals surface area contributed by atoms with Crippen LogP contribution < -0.4 is 0 Å². The van der Waals surface area contributed by atoms with Crippen molar-refractivity contribution in [1.82, 2.24) is 4.98 Å². The van der Waals surface area contributed by atoms with Crippen molar-refractivity contribution < 1.29 is 14.3 Å². The SMILES string of the molecule is CCCc1nc(C(=O)O)c(-c2ccco2)s1. The molecule has 0 bridgehead atoms. The van der Waals surface area contributed by atoms with Crippen LogP contribution >= 0.6 is 11.3 Å². The van der Waals surface area contributed by atoms with Gasteiger partial charge in [0.2, 0.25) is 0 Å². The van der Waals surface area contributed by atoms with Gasteiger partial charge in [0, 0.05) is 0 Å². The molecule has 2 aromatic heterocycles. The molecule has 16 heavy (non-hydrogen) atoms. The van der Waals surface area contributed by atoms with Gasteiger partial charge in [-0.15, -0.1) is 11.3 Å². The van der Waals surface area contributed by atoms with E-state index < -0.39 is 5.97 Å². The minimum absolute atomic E-state index is 0.0865. The quantitative estimate of drug-likeness (QED) is 0.887. The highest BCUT2D eigenvalue weighted by atomic mass is 32.1. The smallest absolute Gasteiger partial charge is 0.356 e. The molecule has 84 valence electrons. The lowest BCUT2D eigenvalue weighted by Crippen LogP contribution is -1.98. The Morgan fingerprint density at radius 2 is 2.44 bits per heavy atom. The Kier molecular flexibility index (Phi) is 3.05. The average molecular weight is 237 g/mol. The van der Waals surface area contributed by atoms with Gasteiger partial charge in [0.25, 0.3) is 0 Å². The standard InChI is InChI=1S/C11H11NO3S/c1-2-4-8-12-9(11(13)14)10(16-8)7-5-3-6-15-7/h3,5-6H,2,4H2,1H3,(H,13,14). The van der Waals surface area contributed by atoms with Gasteiger partial charge in [0.05, 0.1) is 11.3 Å². The van der Waals surface area contributed by atoms with Crippen LogP contribution in [0.1, 0.15) is 28.8 Å². The molecule has 0 saturated carbocycles. The zero-order valence-electron chi connectivity index (χ0n) is 8.77. The minimum atomic E-state index is -1.01. The molecule has 1 N–H and O–H groups in total. The summed E-state index contributed by atoms with van der Waals surface area (Å²) < 4.78 is 5.21. The molecule has 0 aliphatic carbocycles. The number of hydrogen-bond donors (Lipinski definition) is 1. The topological polar surface area (TPSA) is 63.3 Å². The summed E-state index contributed by atoms with van der Waals surface area (Å²) in [4.78, 5) is 15.7. The van der Waals surface area contributed by atoms with Gasteiger partial charge in [0.15, 0.2) is 5.69 Å². The number of furan rings is 1. The van der Waals surface area contributed by atoms with Crippen molar-refractivity contribution in [2.75, 3.05) is 0 Å². The summed E-state index contributed by atoms with van der Waals surface area (Å²) in [5, 5.41) is 9.89. The Morgan fingerprint density at radius 1 is 1.62 bits per heavy atom. The molecule has 0 fully saturated rings. The fourth-order valence-electron chi connectivity index (χ4n) is 1.40. The van der Waals surface area contributed by atoms with Crippen LogP contribution in [-0.2, 0) is 6.42 Å². The monoisotopic (exact) mass is 237 g/mol. The first-order chi connectivity index (χ1) is 7.72. The van der Waals surface area contributed by atoms with Crippen LogP contribution in [0.3, 0.4) is 0 Å². The number of aryl methyl sites for hydroxylation is 1. The van der Waals surface area contributed by atoms with Crippen LogP contribution in [0.15, 0.2) is 22.8 Å². The Morgan fingerprint density at radius 3 is 3.00 bits per heavy atom. The van der Waals surface area contributed by atoms with Crippen LogP contribution in [-0.4, -0.2) is 16.1 Å². The van der Waals surface area contributed by atoms with Crippen molar-refractivity contribution in [3.63, 3.8) is 0 Å². The van der Waals surface area contributed by atoms with Crippen molar-refractivity contribution in [2.24, 2.45) is 0 Å². The fraction of sp³-hybridized carbons (Fsp3) is 0.273. The highest BCUT2D eigenvalue weighted by molar-refractivity contribution is 7.15. The highest BCUT2D eigenvalue weighted by Gasteiger charge is 2.19. The molecule has 5 heteroatoms. The number of carboxylic acids is 1. The Bertz CT molecular complexity index is 487. The zero-order chi connectivity index (χ0) is 11.5. The number of carboxylic acid groups (broad SMARTS) is 1.